The van der Waals surface area contributed by atoms with Crippen LogP contribution in [0.15, 0.2) is 42.5 Å². The third-order valence-corrected chi connectivity index (χ3v) is 4.22. The van der Waals surface area contributed by atoms with Gasteiger partial charge in [0.05, 0.1) is 11.7 Å². The number of rotatable bonds is 5. The lowest BCUT2D eigenvalue weighted by Crippen LogP contribution is -2.19. The van der Waals surface area contributed by atoms with Gasteiger partial charge in [0.25, 0.3) is 5.91 Å². The van der Waals surface area contributed by atoms with E-state index in [0.29, 0.717) is 17.9 Å². The van der Waals surface area contributed by atoms with Crippen LogP contribution < -0.4 is 10.1 Å². The van der Waals surface area contributed by atoms with Crippen molar-refractivity contribution in [1.82, 2.24) is 0 Å². The SMILES string of the molecule is Cc1ccc(C)c(NC(=O)c2ccccc2OC[C@@H]2CCCO2)c1. The maximum atomic E-state index is 12.7. The lowest BCUT2D eigenvalue weighted by molar-refractivity contribution is 0.0673. The molecule has 1 amide bonds. The molecule has 1 aliphatic heterocycles. The van der Waals surface area contributed by atoms with Gasteiger partial charge in [0, 0.05) is 12.3 Å². The molecule has 0 radical (unpaired) electrons. The van der Waals surface area contributed by atoms with Crippen molar-refractivity contribution >= 4 is 11.6 Å². The maximum absolute atomic E-state index is 12.7. The summed E-state index contributed by atoms with van der Waals surface area (Å²) < 4.78 is 11.4. The predicted octanol–water partition coefficient (Wildman–Crippen LogP) is 4.11. The molecule has 0 unspecified atom stereocenters. The number of carbonyl (C=O) groups excluding carboxylic acids is 1. The largest absolute Gasteiger partial charge is 0.490 e. The number of aryl methyl sites for hydroxylation is 2. The lowest BCUT2D eigenvalue weighted by atomic mass is 10.1. The van der Waals surface area contributed by atoms with Gasteiger partial charge in [-0.2, -0.15) is 0 Å². The van der Waals surface area contributed by atoms with Crippen molar-refractivity contribution in [3.63, 3.8) is 0 Å². The van der Waals surface area contributed by atoms with Crippen LogP contribution in [0.1, 0.15) is 34.3 Å². The summed E-state index contributed by atoms with van der Waals surface area (Å²) in [7, 11) is 0. The van der Waals surface area contributed by atoms with Crippen LogP contribution in [0.2, 0.25) is 0 Å². The van der Waals surface area contributed by atoms with E-state index in [0.717, 1.165) is 36.3 Å². The van der Waals surface area contributed by atoms with Crippen LogP contribution in [0.3, 0.4) is 0 Å². The molecule has 126 valence electrons. The summed E-state index contributed by atoms with van der Waals surface area (Å²) in [6.45, 7) is 5.26. The van der Waals surface area contributed by atoms with Crippen LogP contribution in [0.25, 0.3) is 0 Å². The number of amides is 1. The van der Waals surface area contributed by atoms with E-state index in [9.17, 15) is 4.79 Å². The smallest absolute Gasteiger partial charge is 0.259 e. The fourth-order valence-electron chi connectivity index (χ4n) is 2.80. The first kappa shape index (κ1) is 16.5. The Hall–Kier alpha value is -2.33. The van der Waals surface area contributed by atoms with E-state index in [1.807, 2.05) is 50.2 Å². The fourth-order valence-corrected chi connectivity index (χ4v) is 2.80. The Labute approximate surface area is 142 Å². The van der Waals surface area contributed by atoms with Crippen molar-refractivity contribution in [2.45, 2.75) is 32.8 Å². The van der Waals surface area contributed by atoms with E-state index in [1.54, 1.807) is 6.07 Å². The monoisotopic (exact) mass is 325 g/mol. The number of hydrogen-bond donors (Lipinski definition) is 1. The van der Waals surface area contributed by atoms with Crippen molar-refractivity contribution in [2.24, 2.45) is 0 Å². The number of para-hydroxylation sites is 1. The van der Waals surface area contributed by atoms with Crippen LogP contribution in [0.4, 0.5) is 5.69 Å². The Morgan fingerprint density at radius 3 is 2.88 bits per heavy atom. The molecule has 1 fully saturated rings. The van der Waals surface area contributed by atoms with Gasteiger partial charge in [0.1, 0.15) is 12.4 Å². The van der Waals surface area contributed by atoms with E-state index in [4.69, 9.17) is 9.47 Å². The highest BCUT2D eigenvalue weighted by atomic mass is 16.5. The number of nitrogens with one attached hydrogen (secondary N) is 1. The summed E-state index contributed by atoms with van der Waals surface area (Å²) in [5.74, 6) is 0.433. The van der Waals surface area contributed by atoms with Gasteiger partial charge in [-0.15, -0.1) is 0 Å². The zero-order valence-corrected chi connectivity index (χ0v) is 14.2. The van der Waals surface area contributed by atoms with Gasteiger partial charge in [-0.05, 0) is 56.0 Å². The van der Waals surface area contributed by atoms with Gasteiger partial charge in [-0.1, -0.05) is 24.3 Å². The van der Waals surface area contributed by atoms with Crippen LogP contribution >= 0.6 is 0 Å². The number of hydrogen-bond acceptors (Lipinski definition) is 3. The van der Waals surface area contributed by atoms with Crippen molar-refractivity contribution in [3.8, 4) is 5.75 Å². The number of carbonyl (C=O) groups is 1. The molecule has 0 bridgehead atoms. The lowest BCUT2D eigenvalue weighted by Gasteiger charge is -2.15. The number of anilines is 1. The number of benzene rings is 2. The second kappa shape index (κ2) is 7.49. The maximum Gasteiger partial charge on any atom is 0.259 e. The van der Waals surface area contributed by atoms with E-state index in [2.05, 4.69) is 5.32 Å². The van der Waals surface area contributed by atoms with E-state index in [1.165, 1.54) is 0 Å². The molecule has 1 N–H and O–H groups in total. The van der Waals surface area contributed by atoms with Gasteiger partial charge in [-0.3, -0.25) is 4.79 Å². The summed E-state index contributed by atoms with van der Waals surface area (Å²) in [5, 5.41) is 2.99. The van der Waals surface area contributed by atoms with Crippen molar-refractivity contribution in [3.05, 3.63) is 59.2 Å². The standard InChI is InChI=1S/C20H23NO3/c1-14-9-10-15(2)18(12-14)21-20(22)17-7-3-4-8-19(17)24-13-16-6-5-11-23-16/h3-4,7-10,12,16H,5-6,11,13H2,1-2H3,(H,21,22)/t16-/m0/s1. The predicted molar refractivity (Wildman–Crippen MR) is 94.8 cm³/mol. The van der Waals surface area contributed by atoms with E-state index in [-0.39, 0.29) is 12.0 Å². The minimum atomic E-state index is -0.161. The van der Waals surface area contributed by atoms with Crippen molar-refractivity contribution < 1.29 is 14.3 Å². The van der Waals surface area contributed by atoms with Gasteiger partial charge in [0.2, 0.25) is 0 Å². The molecule has 1 atom stereocenters. The first-order valence-corrected chi connectivity index (χ1v) is 8.35. The minimum absolute atomic E-state index is 0.125. The highest BCUT2D eigenvalue weighted by molar-refractivity contribution is 6.06. The Kier molecular flexibility index (Phi) is 5.16. The topological polar surface area (TPSA) is 47.6 Å². The first-order valence-electron chi connectivity index (χ1n) is 8.35. The van der Waals surface area contributed by atoms with Crippen LogP contribution in [0.5, 0.6) is 5.75 Å². The number of ether oxygens (including phenoxy) is 2. The third-order valence-electron chi connectivity index (χ3n) is 4.22. The molecule has 0 spiro atoms. The normalized spacial score (nSPS) is 16.8. The molecular formula is C20H23NO3. The average molecular weight is 325 g/mol. The second-order valence-corrected chi connectivity index (χ2v) is 6.21. The molecule has 0 saturated carbocycles. The molecule has 24 heavy (non-hydrogen) atoms. The molecule has 4 nitrogen and oxygen atoms in total. The zero-order valence-electron chi connectivity index (χ0n) is 14.2. The Balaban J connectivity index is 1.73. The molecule has 1 aliphatic rings. The Bertz CT molecular complexity index is 721. The molecule has 1 heterocycles. The van der Waals surface area contributed by atoms with Gasteiger partial charge < -0.3 is 14.8 Å². The summed E-state index contributed by atoms with van der Waals surface area (Å²) in [4.78, 5) is 12.7. The Morgan fingerprint density at radius 1 is 1.25 bits per heavy atom. The summed E-state index contributed by atoms with van der Waals surface area (Å²) in [6.07, 6.45) is 2.21. The van der Waals surface area contributed by atoms with Gasteiger partial charge >= 0.3 is 0 Å². The Morgan fingerprint density at radius 2 is 2.08 bits per heavy atom. The zero-order chi connectivity index (χ0) is 16.9. The average Bonchev–Trinajstić information content (AvgIpc) is 3.10. The van der Waals surface area contributed by atoms with Crippen molar-refractivity contribution in [2.75, 3.05) is 18.5 Å². The van der Waals surface area contributed by atoms with Gasteiger partial charge in [0.15, 0.2) is 0 Å². The fraction of sp³-hybridized carbons (Fsp3) is 0.350. The molecule has 2 aromatic rings. The van der Waals surface area contributed by atoms with E-state index >= 15 is 0 Å². The molecule has 0 aliphatic carbocycles. The quantitative estimate of drug-likeness (QED) is 0.900. The highest BCUT2D eigenvalue weighted by Crippen LogP contribution is 2.23. The van der Waals surface area contributed by atoms with Crippen LogP contribution in [0, 0.1) is 13.8 Å². The minimum Gasteiger partial charge on any atom is -0.490 e. The van der Waals surface area contributed by atoms with Gasteiger partial charge in [-0.25, -0.2) is 0 Å². The molecule has 1 saturated heterocycles. The van der Waals surface area contributed by atoms with Crippen LogP contribution in [-0.2, 0) is 4.74 Å². The third kappa shape index (κ3) is 3.95. The molecule has 0 aromatic heterocycles. The highest BCUT2D eigenvalue weighted by Gasteiger charge is 2.18. The first-order chi connectivity index (χ1) is 11.6. The molecule has 4 heteroatoms. The van der Waals surface area contributed by atoms with E-state index < -0.39 is 0 Å². The molecule has 2 aromatic carbocycles. The summed E-state index contributed by atoms with van der Waals surface area (Å²) in [5.41, 5.74) is 3.51. The molecule has 3 rings (SSSR count). The molecular weight excluding hydrogens is 302 g/mol. The summed E-state index contributed by atoms with van der Waals surface area (Å²) in [6, 6.07) is 13.3. The van der Waals surface area contributed by atoms with Crippen molar-refractivity contribution in [1.29, 1.82) is 0 Å². The summed E-state index contributed by atoms with van der Waals surface area (Å²) >= 11 is 0. The second-order valence-electron chi connectivity index (χ2n) is 6.21. The van der Waals surface area contributed by atoms with Crippen LogP contribution in [-0.4, -0.2) is 25.2 Å².